The molecule has 0 aromatic carbocycles. The Balaban J connectivity index is 3.63. The van der Waals surface area contributed by atoms with Gasteiger partial charge in [-0.05, 0) is 26.7 Å². The Kier molecular flexibility index (Phi) is 6.76. The summed E-state index contributed by atoms with van der Waals surface area (Å²) in [5, 5.41) is 18.5. The normalized spacial score (nSPS) is 15.8. The lowest BCUT2D eigenvalue weighted by molar-refractivity contribution is -0.0843. The van der Waals surface area contributed by atoms with E-state index in [1.54, 1.807) is 25.0 Å². The van der Waals surface area contributed by atoms with Crippen LogP contribution in [0.5, 0.6) is 0 Å². The number of unbranched alkanes of at least 4 members (excludes halogenated alkanes) is 2. The third-order valence-corrected chi connectivity index (χ3v) is 1.91. The van der Waals surface area contributed by atoms with Crippen LogP contribution in [0, 0.1) is 0 Å². The second-order valence-corrected chi connectivity index (χ2v) is 3.10. The quantitative estimate of drug-likeness (QED) is 0.444. The number of nitrogens with zero attached hydrogens (tertiary/aromatic N) is 1. The van der Waals surface area contributed by atoms with Crippen molar-refractivity contribution in [2.45, 2.75) is 45.6 Å². The fourth-order valence-electron chi connectivity index (χ4n) is 1.18. The fraction of sp³-hybridized carbons (Fsp3) is 0.889. The van der Waals surface area contributed by atoms with Crippen LogP contribution in [0.4, 0.5) is 0 Å². The van der Waals surface area contributed by atoms with E-state index in [9.17, 15) is 15.0 Å². The minimum atomic E-state index is -0.653. The van der Waals surface area contributed by atoms with E-state index in [2.05, 4.69) is 0 Å². The van der Waals surface area contributed by atoms with E-state index in [1.165, 1.54) is 0 Å². The van der Waals surface area contributed by atoms with E-state index < -0.39 is 12.5 Å². The number of aliphatic hydroxyl groups excluding tert-OH is 2. The van der Waals surface area contributed by atoms with Crippen molar-refractivity contribution < 1.29 is 15.0 Å². The highest BCUT2D eigenvalue weighted by molar-refractivity contribution is 5.50. The summed E-state index contributed by atoms with van der Waals surface area (Å²) in [5.41, 5.74) is 0. The van der Waals surface area contributed by atoms with Crippen molar-refractivity contribution in [1.29, 1.82) is 0 Å². The van der Waals surface area contributed by atoms with Gasteiger partial charge in [0.2, 0.25) is 0 Å². The molecule has 0 fully saturated rings. The highest BCUT2D eigenvalue weighted by Crippen LogP contribution is 2.04. The van der Waals surface area contributed by atoms with E-state index in [-0.39, 0.29) is 0 Å². The van der Waals surface area contributed by atoms with Crippen LogP contribution in [0.25, 0.3) is 0 Å². The predicted molar refractivity (Wildman–Crippen MR) is 49.6 cm³/mol. The second-order valence-electron chi connectivity index (χ2n) is 3.10. The maximum absolute atomic E-state index is 9.88. The minimum Gasteiger partial charge on any atom is -0.379 e. The molecule has 4 heteroatoms. The Morgan fingerprint density at radius 1 is 1.23 bits per heavy atom. The first kappa shape index (κ1) is 12.6. The van der Waals surface area contributed by atoms with E-state index >= 15 is 0 Å². The van der Waals surface area contributed by atoms with Crippen molar-refractivity contribution in [3.8, 4) is 0 Å². The average Bonchev–Trinajstić information content (AvgIpc) is 2.02. The van der Waals surface area contributed by atoms with Crippen LogP contribution in [0.2, 0.25) is 0 Å². The number of hydrogen-bond acceptors (Lipinski definition) is 4. The molecular formula is C9H18NO3. The number of rotatable bonds is 7. The molecule has 0 aromatic rings. The SMILES string of the molecule is CC(O)N(CCCC[C]=O)C(C)O. The lowest BCUT2D eigenvalue weighted by atomic mass is 10.2. The molecule has 13 heavy (non-hydrogen) atoms. The van der Waals surface area contributed by atoms with Gasteiger partial charge >= 0.3 is 0 Å². The maximum atomic E-state index is 9.88. The van der Waals surface area contributed by atoms with Gasteiger partial charge in [0, 0.05) is 13.0 Å². The number of aliphatic hydroxyl groups is 2. The molecule has 2 unspecified atom stereocenters. The summed E-state index contributed by atoms with van der Waals surface area (Å²) in [5.74, 6) is 0. The van der Waals surface area contributed by atoms with Crippen molar-refractivity contribution in [2.75, 3.05) is 6.54 Å². The van der Waals surface area contributed by atoms with E-state index in [0.29, 0.717) is 13.0 Å². The molecule has 77 valence electrons. The van der Waals surface area contributed by atoms with Crippen LogP contribution in [-0.4, -0.2) is 40.4 Å². The minimum absolute atomic E-state index is 0.424. The van der Waals surface area contributed by atoms with Gasteiger partial charge in [-0.25, -0.2) is 0 Å². The van der Waals surface area contributed by atoms with Gasteiger partial charge in [0.05, 0.1) is 0 Å². The Morgan fingerprint density at radius 3 is 2.15 bits per heavy atom. The predicted octanol–water partition coefficient (Wildman–Crippen LogP) is 0.245. The largest absolute Gasteiger partial charge is 0.379 e. The van der Waals surface area contributed by atoms with Crippen molar-refractivity contribution in [3.63, 3.8) is 0 Å². The lowest BCUT2D eigenvalue weighted by Gasteiger charge is -2.27. The molecule has 0 bridgehead atoms. The van der Waals surface area contributed by atoms with Gasteiger partial charge in [-0.15, -0.1) is 0 Å². The van der Waals surface area contributed by atoms with E-state index in [1.807, 2.05) is 0 Å². The Morgan fingerprint density at radius 2 is 1.77 bits per heavy atom. The molecule has 0 amide bonds. The van der Waals surface area contributed by atoms with Crippen LogP contribution in [0.1, 0.15) is 33.1 Å². The molecule has 1 radical (unpaired) electrons. The zero-order chi connectivity index (χ0) is 10.3. The average molecular weight is 188 g/mol. The molecule has 0 heterocycles. The van der Waals surface area contributed by atoms with Crippen LogP contribution < -0.4 is 0 Å². The van der Waals surface area contributed by atoms with Crippen LogP contribution >= 0.6 is 0 Å². The first-order chi connectivity index (χ1) is 6.09. The molecule has 0 aliphatic rings. The number of carbonyl (C=O) groups excluding carboxylic acids is 1. The molecule has 0 aliphatic heterocycles. The topological polar surface area (TPSA) is 60.8 Å². The first-order valence-corrected chi connectivity index (χ1v) is 4.56. The molecule has 0 spiro atoms. The molecule has 0 rings (SSSR count). The van der Waals surface area contributed by atoms with Crippen molar-refractivity contribution in [2.24, 2.45) is 0 Å². The molecular weight excluding hydrogens is 170 g/mol. The van der Waals surface area contributed by atoms with Gasteiger partial charge in [0.15, 0.2) is 6.29 Å². The van der Waals surface area contributed by atoms with Crippen LogP contribution in [-0.2, 0) is 4.79 Å². The first-order valence-electron chi connectivity index (χ1n) is 4.56. The summed E-state index contributed by atoms with van der Waals surface area (Å²) in [6.45, 7) is 3.81. The third kappa shape index (κ3) is 5.74. The van der Waals surface area contributed by atoms with Gasteiger partial charge in [0.1, 0.15) is 12.5 Å². The maximum Gasteiger partial charge on any atom is 0.198 e. The molecule has 0 aliphatic carbocycles. The summed E-state index contributed by atoms with van der Waals surface area (Å²) in [4.78, 5) is 11.4. The van der Waals surface area contributed by atoms with Gasteiger partial charge in [0.25, 0.3) is 0 Å². The Hall–Kier alpha value is -0.450. The standard InChI is InChI=1S/C9H18NO3/c1-8(12)10(9(2)13)6-4-3-5-7-11/h8-9,12-13H,3-6H2,1-2H3. The highest BCUT2D eigenvalue weighted by Gasteiger charge is 2.14. The Bertz CT molecular complexity index is 129. The molecule has 4 nitrogen and oxygen atoms in total. The monoisotopic (exact) mass is 188 g/mol. The summed E-state index contributed by atoms with van der Waals surface area (Å²) < 4.78 is 0. The van der Waals surface area contributed by atoms with Gasteiger partial charge in [-0.3, -0.25) is 9.69 Å². The second kappa shape index (κ2) is 7.00. The summed E-state index contributed by atoms with van der Waals surface area (Å²) >= 11 is 0. The molecule has 0 saturated heterocycles. The third-order valence-electron chi connectivity index (χ3n) is 1.91. The molecule has 2 atom stereocenters. The zero-order valence-electron chi connectivity index (χ0n) is 8.23. The van der Waals surface area contributed by atoms with Crippen LogP contribution in [0.15, 0.2) is 0 Å². The Labute approximate surface area is 79.2 Å². The van der Waals surface area contributed by atoms with Gasteiger partial charge in [-0.1, -0.05) is 0 Å². The van der Waals surface area contributed by atoms with Crippen molar-refractivity contribution >= 4 is 6.29 Å². The fourth-order valence-corrected chi connectivity index (χ4v) is 1.18. The van der Waals surface area contributed by atoms with Gasteiger partial charge in [-0.2, -0.15) is 0 Å². The number of hydrogen-bond donors (Lipinski definition) is 2. The molecule has 0 saturated carbocycles. The summed E-state index contributed by atoms with van der Waals surface area (Å²) in [7, 11) is 0. The lowest BCUT2D eigenvalue weighted by Crippen LogP contribution is -2.40. The van der Waals surface area contributed by atoms with E-state index in [0.717, 1.165) is 12.8 Å². The van der Waals surface area contributed by atoms with Crippen molar-refractivity contribution in [1.82, 2.24) is 4.90 Å². The zero-order valence-corrected chi connectivity index (χ0v) is 8.23. The van der Waals surface area contributed by atoms with Crippen molar-refractivity contribution in [3.05, 3.63) is 0 Å². The molecule has 2 N–H and O–H groups in total. The molecule has 0 aromatic heterocycles. The summed E-state index contributed by atoms with van der Waals surface area (Å²) in [6, 6.07) is 0. The highest BCUT2D eigenvalue weighted by atomic mass is 16.3. The van der Waals surface area contributed by atoms with Crippen LogP contribution in [0.3, 0.4) is 0 Å². The van der Waals surface area contributed by atoms with Gasteiger partial charge < -0.3 is 10.2 Å². The van der Waals surface area contributed by atoms with E-state index in [4.69, 9.17) is 0 Å². The smallest absolute Gasteiger partial charge is 0.198 e. The summed E-state index contributed by atoms with van der Waals surface area (Å²) in [6.07, 6.45) is 2.46.